The van der Waals surface area contributed by atoms with E-state index in [1.54, 1.807) is 12.4 Å². The molecule has 1 aliphatic rings. The number of fused-ring (bicyclic) bond motifs is 3. The van der Waals surface area contributed by atoms with Gasteiger partial charge in [0.2, 0.25) is 0 Å². The van der Waals surface area contributed by atoms with Crippen molar-refractivity contribution < 1.29 is 4.79 Å². The highest BCUT2D eigenvalue weighted by Gasteiger charge is 2.24. The molecule has 110 valence electrons. The Morgan fingerprint density at radius 3 is 3.00 bits per heavy atom. The van der Waals surface area contributed by atoms with E-state index in [0.29, 0.717) is 12.1 Å². The van der Waals surface area contributed by atoms with Crippen molar-refractivity contribution in [1.29, 1.82) is 0 Å². The monoisotopic (exact) mass is 355 g/mol. The fourth-order valence-electron chi connectivity index (χ4n) is 3.05. The maximum atomic E-state index is 12.7. The second-order valence-corrected chi connectivity index (χ2v) is 6.41. The van der Waals surface area contributed by atoms with Gasteiger partial charge in [0, 0.05) is 58.5 Å². The van der Waals surface area contributed by atoms with Gasteiger partial charge in [0.25, 0.3) is 5.91 Å². The number of halogens is 1. The van der Waals surface area contributed by atoms with Crippen LogP contribution in [0.5, 0.6) is 0 Å². The molecule has 0 fully saturated rings. The smallest absolute Gasteiger partial charge is 0.255 e. The minimum atomic E-state index is 0.0322. The van der Waals surface area contributed by atoms with Gasteiger partial charge in [0.05, 0.1) is 5.56 Å². The summed E-state index contributed by atoms with van der Waals surface area (Å²) >= 11 is 3.37. The molecule has 5 heteroatoms. The quantitative estimate of drug-likeness (QED) is 0.725. The summed E-state index contributed by atoms with van der Waals surface area (Å²) in [4.78, 5) is 22.1. The van der Waals surface area contributed by atoms with Crippen LogP contribution in [0.4, 0.5) is 0 Å². The summed E-state index contributed by atoms with van der Waals surface area (Å²) in [6.45, 7) is 1.37. The van der Waals surface area contributed by atoms with Gasteiger partial charge in [0.15, 0.2) is 0 Å². The van der Waals surface area contributed by atoms with Crippen LogP contribution in [0.3, 0.4) is 0 Å². The largest absolute Gasteiger partial charge is 0.358 e. The Hall–Kier alpha value is -2.14. The van der Waals surface area contributed by atoms with Gasteiger partial charge in [-0.15, -0.1) is 0 Å². The van der Waals surface area contributed by atoms with E-state index in [9.17, 15) is 4.79 Å². The van der Waals surface area contributed by atoms with Gasteiger partial charge < -0.3 is 9.88 Å². The van der Waals surface area contributed by atoms with Crippen molar-refractivity contribution in [2.45, 2.75) is 13.0 Å². The number of amides is 1. The number of aromatic amines is 1. The number of hydrogen-bond donors (Lipinski definition) is 1. The standard InChI is InChI=1S/C17H14BrN3O/c18-12-7-11(8-19-9-12)17(22)21-6-5-16-14(10-21)13-3-1-2-4-15(13)20-16/h1-4,7-9,20H,5-6,10H2. The van der Waals surface area contributed by atoms with Gasteiger partial charge in [-0.05, 0) is 28.1 Å². The first kappa shape index (κ1) is 13.5. The van der Waals surface area contributed by atoms with E-state index in [2.05, 4.69) is 38.0 Å². The number of para-hydroxylation sites is 1. The number of pyridine rings is 1. The molecule has 0 atom stereocenters. The molecular formula is C17H14BrN3O. The second-order valence-electron chi connectivity index (χ2n) is 5.50. The van der Waals surface area contributed by atoms with E-state index >= 15 is 0 Å². The number of H-pyrrole nitrogens is 1. The van der Waals surface area contributed by atoms with Crippen molar-refractivity contribution in [3.63, 3.8) is 0 Å². The van der Waals surface area contributed by atoms with Crippen LogP contribution < -0.4 is 0 Å². The van der Waals surface area contributed by atoms with Crippen molar-refractivity contribution in [3.05, 3.63) is 64.0 Å². The summed E-state index contributed by atoms with van der Waals surface area (Å²) in [6.07, 6.45) is 4.17. The number of carbonyl (C=O) groups is 1. The van der Waals surface area contributed by atoms with Gasteiger partial charge in [-0.2, -0.15) is 0 Å². The Bertz CT molecular complexity index is 871. The molecular weight excluding hydrogens is 342 g/mol. The van der Waals surface area contributed by atoms with Crippen molar-refractivity contribution in [1.82, 2.24) is 14.9 Å². The fraction of sp³-hybridized carbons (Fsp3) is 0.176. The average Bonchev–Trinajstić information content (AvgIpc) is 2.92. The molecule has 2 aromatic heterocycles. The van der Waals surface area contributed by atoms with E-state index in [4.69, 9.17) is 0 Å². The second kappa shape index (κ2) is 5.25. The third-order valence-electron chi connectivity index (χ3n) is 4.12. The zero-order valence-corrected chi connectivity index (χ0v) is 13.4. The van der Waals surface area contributed by atoms with Crippen LogP contribution in [0.25, 0.3) is 10.9 Å². The predicted octanol–water partition coefficient (Wildman–Crippen LogP) is 3.52. The number of nitrogens with zero attached hydrogens (tertiary/aromatic N) is 2. The van der Waals surface area contributed by atoms with Crippen molar-refractivity contribution in [2.24, 2.45) is 0 Å². The summed E-state index contributed by atoms with van der Waals surface area (Å²) in [7, 11) is 0. The lowest BCUT2D eigenvalue weighted by atomic mass is 10.0. The molecule has 3 heterocycles. The fourth-order valence-corrected chi connectivity index (χ4v) is 3.42. The van der Waals surface area contributed by atoms with Gasteiger partial charge in [-0.1, -0.05) is 18.2 Å². The zero-order valence-electron chi connectivity index (χ0n) is 11.8. The number of hydrogen-bond acceptors (Lipinski definition) is 2. The Balaban J connectivity index is 1.68. The molecule has 0 aliphatic carbocycles. The molecule has 4 nitrogen and oxygen atoms in total. The maximum absolute atomic E-state index is 12.7. The molecule has 0 unspecified atom stereocenters. The number of benzene rings is 1. The van der Waals surface area contributed by atoms with Crippen LogP contribution in [0.1, 0.15) is 21.6 Å². The van der Waals surface area contributed by atoms with Crippen LogP contribution >= 0.6 is 15.9 Å². The first-order valence-corrected chi connectivity index (χ1v) is 8.00. The van der Waals surface area contributed by atoms with Gasteiger partial charge >= 0.3 is 0 Å². The van der Waals surface area contributed by atoms with Gasteiger partial charge in [-0.3, -0.25) is 9.78 Å². The van der Waals surface area contributed by atoms with Crippen LogP contribution in [0.15, 0.2) is 47.2 Å². The Labute approximate surface area is 136 Å². The molecule has 0 bridgehead atoms. The van der Waals surface area contributed by atoms with Crippen LogP contribution in [-0.4, -0.2) is 27.3 Å². The number of nitrogens with one attached hydrogen (secondary N) is 1. The normalized spacial score (nSPS) is 14.1. The SMILES string of the molecule is O=C(c1cncc(Br)c1)N1CCc2[nH]c3ccccc3c2C1. The predicted molar refractivity (Wildman–Crippen MR) is 88.7 cm³/mol. The minimum Gasteiger partial charge on any atom is -0.358 e. The van der Waals surface area contributed by atoms with Crippen LogP contribution in [0.2, 0.25) is 0 Å². The molecule has 4 rings (SSSR count). The van der Waals surface area contributed by atoms with Crippen molar-refractivity contribution in [3.8, 4) is 0 Å². The Kier molecular flexibility index (Phi) is 3.22. The van der Waals surface area contributed by atoms with E-state index in [-0.39, 0.29) is 5.91 Å². The highest BCUT2D eigenvalue weighted by atomic mass is 79.9. The first-order valence-electron chi connectivity index (χ1n) is 7.20. The molecule has 3 aromatic rings. The van der Waals surface area contributed by atoms with E-state index in [0.717, 1.165) is 23.0 Å². The number of rotatable bonds is 1. The minimum absolute atomic E-state index is 0.0322. The molecule has 1 amide bonds. The average molecular weight is 356 g/mol. The Morgan fingerprint density at radius 1 is 1.27 bits per heavy atom. The molecule has 1 N–H and O–H groups in total. The van der Waals surface area contributed by atoms with Gasteiger partial charge in [-0.25, -0.2) is 0 Å². The molecule has 22 heavy (non-hydrogen) atoms. The summed E-state index contributed by atoms with van der Waals surface area (Å²) in [5.74, 6) is 0.0322. The highest BCUT2D eigenvalue weighted by Crippen LogP contribution is 2.28. The van der Waals surface area contributed by atoms with Crippen LogP contribution in [-0.2, 0) is 13.0 Å². The van der Waals surface area contributed by atoms with Crippen molar-refractivity contribution in [2.75, 3.05) is 6.54 Å². The number of aromatic nitrogens is 2. The Morgan fingerprint density at radius 2 is 2.14 bits per heavy atom. The van der Waals surface area contributed by atoms with E-state index < -0.39 is 0 Å². The lowest BCUT2D eigenvalue weighted by molar-refractivity contribution is 0.0734. The van der Waals surface area contributed by atoms with Crippen molar-refractivity contribution >= 4 is 32.7 Å². The van der Waals surface area contributed by atoms with Gasteiger partial charge in [0.1, 0.15) is 0 Å². The highest BCUT2D eigenvalue weighted by molar-refractivity contribution is 9.10. The molecule has 0 saturated heterocycles. The first-order chi connectivity index (χ1) is 10.7. The topological polar surface area (TPSA) is 49.0 Å². The maximum Gasteiger partial charge on any atom is 0.255 e. The third kappa shape index (κ3) is 2.22. The molecule has 0 radical (unpaired) electrons. The summed E-state index contributed by atoms with van der Waals surface area (Å²) in [6, 6.07) is 10.1. The molecule has 0 spiro atoms. The molecule has 1 aliphatic heterocycles. The van der Waals surface area contributed by atoms with E-state index in [1.165, 1.54) is 16.6 Å². The molecule has 0 saturated carbocycles. The summed E-state index contributed by atoms with van der Waals surface area (Å²) < 4.78 is 0.822. The van der Waals surface area contributed by atoms with Crippen LogP contribution in [0, 0.1) is 0 Å². The number of carbonyl (C=O) groups excluding carboxylic acids is 1. The van der Waals surface area contributed by atoms with E-state index in [1.807, 2.05) is 23.1 Å². The summed E-state index contributed by atoms with van der Waals surface area (Å²) in [5.41, 5.74) is 4.25. The lowest BCUT2D eigenvalue weighted by Gasteiger charge is -2.27. The lowest BCUT2D eigenvalue weighted by Crippen LogP contribution is -2.35. The zero-order chi connectivity index (χ0) is 15.1. The molecule has 1 aromatic carbocycles. The third-order valence-corrected chi connectivity index (χ3v) is 4.56. The summed E-state index contributed by atoms with van der Waals surface area (Å²) in [5, 5.41) is 1.21.